The van der Waals surface area contributed by atoms with Crippen LogP contribution in [-0.4, -0.2) is 40.2 Å². The van der Waals surface area contributed by atoms with Crippen molar-refractivity contribution in [2.24, 2.45) is 0 Å². The molecule has 0 radical (unpaired) electrons. The molecule has 0 fully saturated rings. The molecule has 0 amide bonds. The van der Waals surface area contributed by atoms with Crippen LogP contribution in [0.3, 0.4) is 0 Å². The van der Waals surface area contributed by atoms with E-state index < -0.39 is 35.2 Å². The highest BCUT2D eigenvalue weighted by Gasteiger charge is 2.37. The SMILES string of the molecule is COC(=O)C(C(=O)c1cc(OC)ccc1OC)c1ccc(C(F)(F)F)c(OC)c1. The van der Waals surface area contributed by atoms with Crippen molar-refractivity contribution in [2.75, 3.05) is 28.4 Å². The van der Waals surface area contributed by atoms with Gasteiger partial charge in [-0.1, -0.05) is 6.07 Å². The highest BCUT2D eigenvalue weighted by molar-refractivity contribution is 6.14. The van der Waals surface area contributed by atoms with Crippen molar-refractivity contribution >= 4 is 11.8 Å². The number of benzene rings is 2. The van der Waals surface area contributed by atoms with E-state index >= 15 is 0 Å². The second-order valence-corrected chi connectivity index (χ2v) is 5.84. The van der Waals surface area contributed by atoms with Crippen LogP contribution in [0.15, 0.2) is 36.4 Å². The van der Waals surface area contributed by atoms with Crippen LogP contribution in [0, 0.1) is 0 Å². The van der Waals surface area contributed by atoms with Gasteiger partial charge >= 0.3 is 12.1 Å². The zero-order chi connectivity index (χ0) is 21.8. The van der Waals surface area contributed by atoms with Gasteiger partial charge in [0.25, 0.3) is 0 Å². The number of alkyl halides is 3. The molecular formula is C20H19F3O6. The fourth-order valence-electron chi connectivity index (χ4n) is 2.80. The quantitative estimate of drug-likeness (QED) is 0.391. The molecule has 1 atom stereocenters. The first-order chi connectivity index (χ1) is 13.7. The molecule has 0 aliphatic carbocycles. The highest BCUT2D eigenvalue weighted by atomic mass is 19.4. The molecule has 0 saturated heterocycles. The number of carbonyl (C=O) groups excluding carboxylic acids is 2. The zero-order valence-electron chi connectivity index (χ0n) is 16.1. The average molecular weight is 412 g/mol. The molecular weight excluding hydrogens is 393 g/mol. The Bertz CT molecular complexity index is 908. The normalized spacial score (nSPS) is 12.1. The molecule has 29 heavy (non-hydrogen) atoms. The van der Waals surface area contributed by atoms with Crippen molar-refractivity contribution in [3.05, 3.63) is 53.1 Å². The minimum Gasteiger partial charge on any atom is -0.497 e. The van der Waals surface area contributed by atoms with Gasteiger partial charge in [-0.15, -0.1) is 0 Å². The van der Waals surface area contributed by atoms with Crippen molar-refractivity contribution in [2.45, 2.75) is 12.1 Å². The van der Waals surface area contributed by atoms with Gasteiger partial charge in [0.15, 0.2) is 5.78 Å². The minimum absolute atomic E-state index is 0.0149. The van der Waals surface area contributed by atoms with Crippen molar-refractivity contribution in [1.29, 1.82) is 0 Å². The van der Waals surface area contributed by atoms with Gasteiger partial charge in [0.2, 0.25) is 0 Å². The van der Waals surface area contributed by atoms with Gasteiger partial charge < -0.3 is 18.9 Å². The fraction of sp³-hybridized carbons (Fsp3) is 0.300. The summed E-state index contributed by atoms with van der Waals surface area (Å²) in [6.45, 7) is 0. The number of ether oxygens (including phenoxy) is 4. The molecule has 156 valence electrons. The van der Waals surface area contributed by atoms with Crippen molar-refractivity contribution in [3.8, 4) is 17.2 Å². The first-order valence-electron chi connectivity index (χ1n) is 8.27. The van der Waals surface area contributed by atoms with Crippen molar-refractivity contribution < 1.29 is 41.7 Å². The maximum atomic E-state index is 13.2. The molecule has 0 N–H and O–H groups in total. The van der Waals surface area contributed by atoms with Crippen LogP contribution in [0.2, 0.25) is 0 Å². The first kappa shape index (κ1) is 22.1. The number of hydrogen-bond donors (Lipinski definition) is 0. The summed E-state index contributed by atoms with van der Waals surface area (Å²) < 4.78 is 59.2. The summed E-state index contributed by atoms with van der Waals surface area (Å²) in [6, 6.07) is 7.20. The average Bonchev–Trinajstić information content (AvgIpc) is 2.72. The number of hydrogen-bond acceptors (Lipinski definition) is 6. The lowest BCUT2D eigenvalue weighted by molar-refractivity contribution is -0.141. The predicted molar refractivity (Wildman–Crippen MR) is 96.6 cm³/mol. The molecule has 0 aliphatic heterocycles. The van der Waals surface area contributed by atoms with E-state index in [4.69, 9.17) is 18.9 Å². The van der Waals surface area contributed by atoms with Gasteiger partial charge in [0.05, 0.1) is 39.6 Å². The Morgan fingerprint density at radius 1 is 0.862 bits per heavy atom. The number of carbonyl (C=O) groups is 2. The van der Waals surface area contributed by atoms with E-state index in [1.165, 1.54) is 26.4 Å². The van der Waals surface area contributed by atoms with Crippen molar-refractivity contribution in [3.63, 3.8) is 0 Å². The Morgan fingerprint density at radius 2 is 1.52 bits per heavy atom. The van der Waals surface area contributed by atoms with Gasteiger partial charge in [0, 0.05) is 0 Å². The van der Waals surface area contributed by atoms with E-state index in [2.05, 4.69) is 0 Å². The lowest BCUT2D eigenvalue weighted by Gasteiger charge is -2.19. The molecule has 2 aromatic rings. The summed E-state index contributed by atoms with van der Waals surface area (Å²) in [6.07, 6.45) is -4.66. The van der Waals surface area contributed by atoms with Crippen LogP contribution < -0.4 is 14.2 Å². The summed E-state index contributed by atoms with van der Waals surface area (Å²) in [5, 5.41) is 0. The molecule has 6 nitrogen and oxygen atoms in total. The number of Topliss-reactive ketones (excluding diaryl/α,β-unsaturated/α-hetero) is 1. The Kier molecular flexibility index (Phi) is 6.73. The molecule has 0 aliphatic rings. The fourth-order valence-corrected chi connectivity index (χ4v) is 2.80. The molecule has 0 saturated carbocycles. The molecule has 0 heterocycles. The predicted octanol–water partition coefficient (Wildman–Crippen LogP) is 3.87. The highest BCUT2D eigenvalue weighted by Crippen LogP contribution is 2.39. The van der Waals surface area contributed by atoms with Crippen LogP contribution in [0.1, 0.15) is 27.4 Å². The lowest BCUT2D eigenvalue weighted by Crippen LogP contribution is -2.24. The topological polar surface area (TPSA) is 71.1 Å². The zero-order valence-corrected chi connectivity index (χ0v) is 16.1. The first-order valence-corrected chi connectivity index (χ1v) is 8.27. The minimum atomic E-state index is -4.66. The van der Waals surface area contributed by atoms with Gasteiger partial charge in [0.1, 0.15) is 23.2 Å². The third-order valence-electron chi connectivity index (χ3n) is 4.24. The van der Waals surface area contributed by atoms with Gasteiger partial charge in [-0.3, -0.25) is 9.59 Å². The summed E-state index contributed by atoms with van der Waals surface area (Å²) in [5.41, 5.74) is -1.03. The van der Waals surface area contributed by atoms with E-state index in [9.17, 15) is 22.8 Å². The Morgan fingerprint density at radius 3 is 2.03 bits per heavy atom. The second-order valence-electron chi connectivity index (χ2n) is 5.84. The van der Waals surface area contributed by atoms with E-state index in [1.807, 2.05) is 0 Å². The third-order valence-corrected chi connectivity index (χ3v) is 4.24. The number of esters is 1. The number of ketones is 1. The Labute approximate surface area is 165 Å². The molecule has 1 unspecified atom stereocenters. The molecule has 2 aromatic carbocycles. The Hall–Kier alpha value is -3.23. The maximum Gasteiger partial charge on any atom is 0.419 e. The number of rotatable bonds is 7. The summed E-state index contributed by atoms with van der Waals surface area (Å²) in [7, 11) is 4.88. The largest absolute Gasteiger partial charge is 0.497 e. The smallest absolute Gasteiger partial charge is 0.419 e. The molecule has 2 rings (SSSR count). The monoisotopic (exact) mass is 412 g/mol. The van der Waals surface area contributed by atoms with Crippen LogP contribution >= 0.6 is 0 Å². The van der Waals surface area contributed by atoms with Gasteiger partial charge in [-0.2, -0.15) is 13.2 Å². The molecule has 0 bridgehead atoms. The van der Waals surface area contributed by atoms with Gasteiger partial charge in [-0.25, -0.2) is 0 Å². The summed E-state index contributed by atoms with van der Waals surface area (Å²) in [5.74, 6) is -3.21. The molecule has 9 heteroatoms. The second kappa shape index (κ2) is 8.85. The third kappa shape index (κ3) is 4.61. The maximum absolute atomic E-state index is 13.2. The lowest BCUT2D eigenvalue weighted by atomic mass is 9.89. The summed E-state index contributed by atoms with van der Waals surface area (Å²) in [4.78, 5) is 25.6. The van der Waals surface area contributed by atoms with Crippen LogP contribution in [0.5, 0.6) is 17.2 Å². The van der Waals surface area contributed by atoms with Crippen LogP contribution in [0.25, 0.3) is 0 Å². The van der Waals surface area contributed by atoms with Crippen molar-refractivity contribution in [1.82, 2.24) is 0 Å². The van der Waals surface area contributed by atoms with E-state index in [0.717, 1.165) is 32.4 Å². The summed E-state index contributed by atoms with van der Waals surface area (Å²) >= 11 is 0. The number of methoxy groups -OCH3 is 4. The Balaban J connectivity index is 2.62. The van der Waals surface area contributed by atoms with Gasteiger partial charge in [-0.05, 0) is 35.9 Å². The van der Waals surface area contributed by atoms with Crippen LogP contribution in [-0.2, 0) is 15.7 Å². The molecule has 0 aromatic heterocycles. The van der Waals surface area contributed by atoms with Crippen LogP contribution in [0.4, 0.5) is 13.2 Å². The number of halogens is 3. The van der Waals surface area contributed by atoms with E-state index in [1.54, 1.807) is 6.07 Å². The van der Waals surface area contributed by atoms with E-state index in [-0.39, 0.29) is 16.9 Å². The van der Waals surface area contributed by atoms with E-state index in [0.29, 0.717) is 5.75 Å². The molecule has 0 spiro atoms. The standard InChI is InChI=1S/C20H19F3O6/c1-26-12-6-8-15(27-2)13(10-12)18(24)17(19(25)29-4)11-5-7-14(20(21,22)23)16(9-11)28-3/h5-10,17H,1-4H3.